The topological polar surface area (TPSA) is 9.23 Å². The molecule has 1 heteroatoms. The number of aryl methyl sites for hydroxylation is 1. The van der Waals surface area contributed by atoms with Gasteiger partial charge in [0.15, 0.2) is 0 Å². The average molecular weight is 248 g/mol. The quantitative estimate of drug-likeness (QED) is 0.673. The van der Waals surface area contributed by atoms with E-state index in [0.717, 1.165) is 5.75 Å². The first-order valence-corrected chi connectivity index (χ1v) is 6.74. The molecule has 1 aromatic carbocycles. The second-order valence-corrected chi connectivity index (χ2v) is 7.28. The average Bonchev–Trinajstić information content (AvgIpc) is 2.15. The van der Waals surface area contributed by atoms with Crippen LogP contribution in [0.1, 0.15) is 63.8 Å². The maximum Gasteiger partial charge on any atom is 0.126 e. The lowest BCUT2D eigenvalue weighted by Gasteiger charge is -2.29. The Balaban J connectivity index is 3.39. The third-order valence-electron chi connectivity index (χ3n) is 3.24. The van der Waals surface area contributed by atoms with Crippen molar-refractivity contribution >= 4 is 0 Å². The molecule has 0 heterocycles. The van der Waals surface area contributed by atoms with Gasteiger partial charge in [-0.3, -0.25) is 0 Å². The van der Waals surface area contributed by atoms with Gasteiger partial charge in [-0.25, -0.2) is 0 Å². The normalized spacial score (nSPS) is 12.7. The van der Waals surface area contributed by atoms with Crippen molar-refractivity contribution < 1.29 is 4.74 Å². The van der Waals surface area contributed by atoms with Gasteiger partial charge in [-0.1, -0.05) is 26.8 Å². The molecule has 1 nitrogen and oxygen atoms in total. The number of hydrogen-bond donors (Lipinski definition) is 0. The molecule has 0 saturated heterocycles. The lowest BCUT2D eigenvalue weighted by atomic mass is 9.81. The molecule has 0 amide bonds. The van der Waals surface area contributed by atoms with E-state index in [1.54, 1.807) is 0 Å². The van der Waals surface area contributed by atoms with Gasteiger partial charge >= 0.3 is 0 Å². The van der Waals surface area contributed by atoms with E-state index in [0.29, 0.717) is 0 Å². The van der Waals surface area contributed by atoms with Crippen LogP contribution in [0.25, 0.3) is 0 Å². The van der Waals surface area contributed by atoms with Crippen molar-refractivity contribution in [2.45, 2.75) is 73.3 Å². The van der Waals surface area contributed by atoms with Crippen LogP contribution in [-0.2, 0) is 5.41 Å². The van der Waals surface area contributed by atoms with E-state index in [2.05, 4.69) is 68.4 Å². The summed E-state index contributed by atoms with van der Waals surface area (Å²) in [5, 5.41) is 0. The lowest BCUT2D eigenvalue weighted by molar-refractivity contribution is 0.128. The number of rotatable bonds is 1. The third kappa shape index (κ3) is 3.28. The first-order chi connectivity index (χ1) is 7.93. The number of benzene rings is 1. The van der Waals surface area contributed by atoms with Gasteiger partial charge in [-0.05, 0) is 69.2 Å². The van der Waals surface area contributed by atoms with E-state index in [1.165, 1.54) is 22.3 Å². The molecule has 0 aliphatic carbocycles. The first-order valence-electron chi connectivity index (χ1n) is 6.74. The van der Waals surface area contributed by atoms with Crippen LogP contribution in [0.4, 0.5) is 0 Å². The van der Waals surface area contributed by atoms with E-state index in [-0.39, 0.29) is 11.0 Å². The molecule has 0 N–H and O–H groups in total. The van der Waals surface area contributed by atoms with Crippen LogP contribution in [-0.4, -0.2) is 5.60 Å². The lowest BCUT2D eigenvalue weighted by Crippen LogP contribution is -2.25. The predicted octanol–water partition coefficient (Wildman–Crippen LogP) is 5.09. The molecule has 0 bridgehead atoms. The minimum absolute atomic E-state index is 0.148. The molecule has 0 spiro atoms. The summed E-state index contributed by atoms with van der Waals surface area (Å²) in [5.74, 6) is 1.05. The van der Waals surface area contributed by atoms with Crippen molar-refractivity contribution in [3.8, 4) is 5.75 Å². The highest BCUT2D eigenvalue weighted by Gasteiger charge is 2.22. The summed E-state index contributed by atoms with van der Waals surface area (Å²) in [6.07, 6.45) is 0. The van der Waals surface area contributed by atoms with Crippen molar-refractivity contribution in [2.24, 2.45) is 0 Å². The Morgan fingerprint density at radius 1 is 0.833 bits per heavy atom. The van der Waals surface area contributed by atoms with E-state index in [4.69, 9.17) is 4.74 Å². The molecule has 102 valence electrons. The highest BCUT2D eigenvalue weighted by Crippen LogP contribution is 2.36. The number of ether oxygens (including phenoxy) is 1. The molecule has 0 aliphatic rings. The second-order valence-electron chi connectivity index (χ2n) is 7.28. The summed E-state index contributed by atoms with van der Waals surface area (Å²) >= 11 is 0. The van der Waals surface area contributed by atoms with Crippen LogP contribution in [0.3, 0.4) is 0 Å². The van der Waals surface area contributed by atoms with E-state index < -0.39 is 0 Å². The van der Waals surface area contributed by atoms with Crippen molar-refractivity contribution in [3.63, 3.8) is 0 Å². The van der Waals surface area contributed by atoms with Crippen molar-refractivity contribution in [1.82, 2.24) is 0 Å². The van der Waals surface area contributed by atoms with Crippen LogP contribution in [0.5, 0.6) is 5.75 Å². The minimum atomic E-state index is -0.148. The highest BCUT2D eigenvalue weighted by atomic mass is 16.5. The molecular weight excluding hydrogens is 220 g/mol. The molecule has 0 aliphatic heterocycles. The van der Waals surface area contributed by atoms with Gasteiger partial charge in [-0.2, -0.15) is 0 Å². The Hall–Kier alpha value is -0.980. The Morgan fingerprint density at radius 3 is 1.72 bits per heavy atom. The molecule has 0 saturated carbocycles. The zero-order valence-corrected chi connectivity index (χ0v) is 13.5. The first kappa shape index (κ1) is 15.1. The fourth-order valence-corrected chi connectivity index (χ4v) is 2.30. The summed E-state index contributed by atoms with van der Waals surface area (Å²) in [7, 11) is 0. The second kappa shape index (κ2) is 4.60. The van der Waals surface area contributed by atoms with Crippen molar-refractivity contribution in [2.75, 3.05) is 0 Å². The summed E-state index contributed by atoms with van der Waals surface area (Å²) in [5.41, 5.74) is 5.31. The van der Waals surface area contributed by atoms with Crippen LogP contribution in [0.2, 0.25) is 0 Å². The Morgan fingerprint density at radius 2 is 1.33 bits per heavy atom. The Labute approximate surface area is 113 Å². The van der Waals surface area contributed by atoms with Gasteiger partial charge in [0, 0.05) is 0 Å². The van der Waals surface area contributed by atoms with E-state index in [9.17, 15) is 0 Å². The molecule has 1 aromatic rings. The molecular formula is C17H28O. The smallest absolute Gasteiger partial charge is 0.126 e. The number of hydrogen-bond acceptors (Lipinski definition) is 1. The molecule has 0 radical (unpaired) electrons. The zero-order valence-electron chi connectivity index (χ0n) is 13.5. The summed E-state index contributed by atoms with van der Waals surface area (Å²) in [4.78, 5) is 0. The summed E-state index contributed by atoms with van der Waals surface area (Å²) < 4.78 is 6.11. The standard InChI is InChI=1S/C17H28O/c1-11-10-14(16(4,5)6)12(2)13(3)15(11)18-17(7,8)9/h10H,1-9H3. The van der Waals surface area contributed by atoms with Crippen LogP contribution >= 0.6 is 0 Å². The van der Waals surface area contributed by atoms with Gasteiger partial charge in [0.1, 0.15) is 11.4 Å². The minimum Gasteiger partial charge on any atom is -0.488 e. The molecule has 18 heavy (non-hydrogen) atoms. The SMILES string of the molecule is Cc1cc(C(C)(C)C)c(C)c(C)c1OC(C)(C)C. The maximum absolute atomic E-state index is 6.11. The predicted molar refractivity (Wildman–Crippen MR) is 79.7 cm³/mol. The van der Waals surface area contributed by atoms with E-state index in [1.807, 2.05) is 0 Å². The van der Waals surface area contributed by atoms with Gasteiger partial charge in [-0.15, -0.1) is 0 Å². The van der Waals surface area contributed by atoms with Gasteiger partial charge in [0.2, 0.25) is 0 Å². The van der Waals surface area contributed by atoms with Gasteiger partial charge < -0.3 is 4.74 Å². The van der Waals surface area contributed by atoms with Gasteiger partial charge in [0.25, 0.3) is 0 Å². The fraction of sp³-hybridized carbons (Fsp3) is 0.647. The Bertz CT molecular complexity index is 442. The third-order valence-corrected chi connectivity index (χ3v) is 3.24. The summed E-state index contributed by atoms with van der Waals surface area (Å²) in [6.45, 7) is 19.6. The largest absolute Gasteiger partial charge is 0.488 e. The molecule has 0 unspecified atom stereocenters. The van der Waals surface area contributed by atoms with Crippen LogP contribution < -0.4 is 4.74 Å². The maximum atomic E-state index is 6.11. The molecule has 0 fully saturated rings. The highest BCUT2D eigenvalue weighted by molar-refractivity contribution is 5.51. The van der Waals surface area contributed by atoms with Gasteiger partial charge in [0.05, 0.1) is 0 Å². The fourth-order valence-electron chi connectivity index (χ4n) is 2.30. The van der Waals surface area contributed by atoms with Crippen molar-refractivity contribution in [3.05, 3.63) is 28.3 Å². The monoisotopic (exact) mass is 248 g/mol. The summed E-state index contributed by atoms with van der Waals surface area (Å²) in [6, 6.07) is 2.28. The molecule has 0 atom stereocenters. The van der Waals surface area contributed by atoms with E-state index >= 15 is 0 Å². The molecule has 1 rings (SSSR count). The van der Waals surface area contributed by atoms with Crippen LogP contribution in [0, 0.1) is 20.8 Å². The van der Waals surface area contributed by atoms with Crippen molar-refractivity contribution in [1.29, 1.82) is 0 Å². The Kier molecular flexibility index (Phi) is 3.86. The van der Waals surface area contributed by atoms with Crippen LogP contribution in [0.15, 0.2) is 6.07 Å². The zero-order chi connectivity index (χ0) is 14.3. The molecule has 0 aromatic heterocycles.